The summed E-state index contributed by atoms with van der Waals surface area (Å²) in [5, 5.41) is 0. The van der Waals surface area contributed by atoms with Crippen LogP contribution in [-0.4, -0.2) is 24.1 Å². The highest BCUT2D eigenvalue weighted by Crippen LogP contribution is 2.60. The lowest BCUT2D eigenvalue weighted by atomic mass is 9.49. The second-order valence-corrected chi connectivity index (χ2v) is 9.09. The van der Waals surface area contributed by atoms with E-state index >= 15 is 0 Å². The van der Waals surface area contributed by atoms with Gasteiger partial charge in [-0.2, -0.15) is 0 Å². The molecule has 0 saturated heterocycles. The Bertz CT molecular complexity index is 559. The van der Waals surface area contributed by atoms with Crippen molar-refractivity contribution in [3.63, 3.8) is 0 Å². The van der Waals surface area contributed by atoms with Crippen molar-refractivity contribution in [3.8, 4) is 0 Å². The third-order valence-corrected chi connectivity index (χ3v) is 7.16. The van der Waals surface area contributed by atoms with Crippen LogP contribution in [0.15, 0.2) is 29.2 Å². The Hall–Kier alpha value is -0.960. The SMILES string of the molecule is CSc1ccc(CN(C)C(=O)C23CC4CC(CC(C4)C2)C3)cc1. The van der Waals surface area contributed by atoms with Crippen LogP contribution in [0.4, 0.5) is 0 Å². The molecule has 3 heteroatoms. The predicted molar refractivity (Wildman–Crippen MR) is 95.3 cm³/mol. The Morgan fingerprint density at radius 3 is 2.09 bits per heavy atom. The maximum atomic E-state index is 13.2. The third-order valence-electron chi connectivity index (χ3n) is 6.42. The summed E-state index contributed by atoms with van der Waals surface area (Å²) >= 11 is 1.76. The van der Waals surface area contributed by atoms with Crippen molar-refractivity contribution < 1.29 is 4.79 Å². The summed E-state index contributed by atoms with van der Waals surface area (Å²) in [4.78, 5) is 16.5. The van der Waals surface area contributed by atoms with Crippen LogP contribution in [0.1, 0.15) is 44.1 Å². The zero-order valence-electron chi connectivity index (χ0n) is 14.3. The molecule has 0 heterocycles. The molecule has 1 aromatic carbocycles. The largest absolute Gasteiger partial charge is 0.341 e. The molecule has 4 aliphatic rings. The molecule has 4 saturated carbocycles. The van der Waals surface area contributed by atoms with Crippen LogP contribution in [0, 0.1) is 23.2 Å². The maximum Gasteiger partial charge on any atom is 0.228 e. The minimum atomic E-state index is -0.0112. The van der Waals surface area contributed by atoms with Gasteiger partial charge in [0.15, 0.2) is 0 Å². The van der Waals surface area contributed by atoms with E-state index in [0.29, 0.717) is 5.91 Å². The van der Waals surface area contributed by atoms with Crippen LogP contribution in [0.25, 0.3) is 0 Å². The number of hydrogen-bond donors (Lipinski definition) is 0. The van der Waals surface area contributed by atoms with E-state index in [9.17, 15) is 4.79 Å². The van der Waals surface area contributed by atoms with Crippen LogP contribution in [-0.2, 0) is 11.3 Å². The molecule has 0 unspecified atom stereocenters. The van der Waals surface area contributed by atoms with Crippen molar-refractivity contribution in [3.05, 3.63) is 29.8 Å². The maximum absolute atomic E-state index is 13.2. The minimum Gasteiger partial charge on any atom is -0.341 e. The Balaban J connectivity index is 1.47. The lowest BCUT2D eigenvalue weighted by Crippen LogP contribution is -2.53. The highest BCUT2D eigenvalue weighted by Gasteiger charge is 2.55. The van der Waals surface area contributed by atoms with Crippen molar-refractivity contribution in [2.24, 2.45) is 23.2 Å². The van der Waals surface area contributed by atoms with E-state index in [0.717, 1.165) is 43.6 Å². The van der Waals surface area contributed by atoms with Gasteiger partial charge >= 0.3 is 0 Å². The van der Waals surface area contributed by atoms with E-state index < -0.39 is 0 Å². The van der Waals surface area contributed by atoms with Gasteiger partial charge < -0.3 is 4.90 Å². The summed E-state index contributed by atoms with van der Waals surface area (Å²) in [5.74, 6) is 2.92. The molecule has 0 radical (unpaired) electrons. The summed E-state index contributed by atoms with van der Waals surface area (Å²) in [6.07, 6.45) is 9.76. The smallest absolute Gasteiger partial charge is 0.228 e. The molecule has 124 valence electrons. The number of benzene rings is 1. The number of rotatable bonds is 4. The molecule has 0 aliphatic heterocycles. The lowest BCUT2D eigenvalue weighted by molar-refractivity contribution is -0.156. The highest BCUT2D eigenvalue weighted by atomic mass is 32.2. The molecule has 5 rings (SSSR count). The van der Waals surface area contributed by atoms with Crippen LogP contribution in [0.2, 0.25) is 0 Å². The van der Waals surface area contributed by atoms with Crippen molar-refractivity contribution in [1.82, 2.24) is 4.90 Å². The summed E-state index contributed by atoms with van der Waals surface area (Å²) in [5.41, 5.74) is 1.23. The van der Waals surface area contributed by atoms with Gasteiger partial charge in [-0.05, 0) is 80.2 Å². The molecule has 0 N–H and O–H groups in total. The van der Waals surface area contributed by atoms with Gasteiger partial charge in [-0.1, -0.05) is 12.1 Å². The highest BCUT2D eigenvalue weighted by molar-refractivity contribution is 7.98. The fraction of sp³-hybridized carbons (Fsp3) is 0.650. The van der Waals surface area contributed by atoms with Crippen LogP contribution in [0.3, 0.4) is 0 Å². The quantitative estimate of drug-likeness (QED) is 0.753. The average Bonchev–Trinajstić information content (AvgIpc) is 2.53. The molecule has 0 aromatic heterocycles. The molecule has 4 bridgehead atoms. The van der Waals surface area contributed by atoms with Gasteiger partial charge in [-0.15, -0.1) is 11.8 Å². The first-order valence-electron chi connectivity index (χ1n) is 8.96. The molecular weight excluding hydrogens is 302 g/mol. The predicted octanol–water partition coefficient (Wildman–Crippen LogP) is 4.58. The molecule has 4 aliphatic carbocycles. The van der Waals surface area contributed by atoms with Gasteiger partial charge in [0.2, 0.25) is 5.91 Å². The van der Waals surface area contributed by atoms with Crippen LogP contribution in [0.5, 0.6) is 0 Å². The van der Waals surface area contributed by atoms with Gasteiger partial charge in [0.25, 0.3) is 0 Å². The Labute approximate surface area is 144 Å². The number of hydrogen-bond acceptors (Lipinski definition) is 2. The molecule has 23 heavy (non-hydrogen) atoms. The average molecular weight is 330 g/mol. The van der Waals surface area contributed by atoms with Gasteiger partial charge in [-0.3, -0.25) is 4.79 Å². The summed E-state index contributed by atoms with van der Waals surface area (Å²) in [6.45, 7) is 0.745. The Morgan fingerprint density at radius 1 is 1.09 bits per heavy atom. The van der Waals surface area contributed by atoms with E-state index in [2.05, 4.69) is 30.5 Å². The summed E-state index contributed by atoms with van der Waals surface area (Å²) in [6, 6.07) is 8.64. The van der Waals surface area contributed by atoms with E-state index in [1.54, 1.807) is 11.8 Å². The lowest BCUT2D eigenvalue weighted by Gasteiger charge is -2.56. The second-order valence-electron chi connectivity index (χ2n) is 8.21. The number of carbonyl (C=O) groups excluding carboxylic acids is 1. The first-order chi connectivity index (χ1) is 11.1. The van der Waals surface area contributed by atoms with E-state index in [1.807, 2.05) is 11.9 Å². The summed E-state index contributed by atoms with van der Waals surface area (Å²) < 4.78 is 0. The van der Waals surface area contributed by atoms with Gasteiger partial charge in [-0.25, -0.2) is 0 Å². The molecule has 0 spiro atoms. The first-order valence-corrected chi connectivity index (χ1v) is 10.2. The van der Waals surface area contributed by atoms with Crippen molar-refractivity contribution >= 4 is 17.7 Å². The first kappa shape index (κ1) is 15.6. The van der Waals surface area contributed by atoms with Gasteiger partial charge in [0.1, 0.15) is 0 Å². The van der Waals surface area contributed by atoms with E-state index in [4.69, 9.17) is 0 Å². The van der Waals surface area contributed by atoms with Crippen molar-refractivity contribution in [2.45, 2.75) is 50.0 Å². The monoisotopic (exact) mass is 329 g/mol. The molecular formula is C20H27NOS. The van der Waals surface area contributed by atoms with Crippen molar-refractivity contribution in [1.29, 1.82) is 0 Å². The number of thioether (sulfide) groups is 1. The second kappa shape index (κ2) is 5.84. The van der Waals surface area contributed by atoms with E-state index in [-0.39, 0.29) is 5.41 Å². The van der Waals surface area contributed by atoms with Crippen LogP contribution < -0.4 is 0 Å². The molecule has 1 aromatic rings. The fourth-order valence-corrected chi connectivity index (χ4v) is 6.26. The molecule has 4 fully saturated rings. The van der Waals surface area contributed by atoms with Crippen molar-refractivity contribution in [2.75, 3.05) is 13.3 Å². The van der Waals surface area contributed by atoms with E-state index in [1.165, 1.54) is 29.7 Å². The Kier molecular flexibility index (Phi) is 3.95. The topological polar surface area (TPSA) is 20.3 Å². The zero-order valence-corrected chi connectivity index (χ0v) is 15.1. The molecule has 0 atom stereocenters. The fourth-order valence-electron chi connectivity index (χ4n) is 5.85. The van der Waals surface area contributed by atoms with Gasteiger partial charge in [0, 0.05) is 18.5 Å². The zero-order chi connectivity index (χ0) is 16.0. The normalized spacial score (nSPS) is 34.6. The number of amides is 1. The molecule has 2 nitrogen and oxygen atoms in total. The van der Waals surface area contributed by atoms with Crippen LogP contribution >= 0.6 is 11.8 Å². The Morgan fingerprint density at radius 2 is 1.61 bits per heavy atom. The van der Waals surface area contributed by atoms with Gasteiger partial charge in [0.05, 0.1) is 5.41 Å². The minimum absolute atomic E-state index is 0.0112. The number of carbonyl (C=O) groups is 1. The molecule has 1 amide bonds. The third kappa shape index (κ3) is 2.82. The standard InChI is InChI=1S/C20H27NOS/c1-21(13-14-3-5-18(23-2)6-4-14)19(22)20-10-15-7-16(11-20)9-17(8-15)12-20/h3-6,15-17H,7-13H2,1-2H3. The number of nitrogens with zero attached hydrogens (tertiary/aromatic N) is 1. The summed E-state index contributed by atoms with van der Waals surface area (Å²) in [7, 11) is 2.00.